The molecule has 0 aliphatic carbocycles. The molecule has 2 fully saturated rings. The lowest BCUT2D eigenvalue weighted by atomic mass is 10.0. The van der Waals surface area contributed by atoms with E-state index in [1.807, 2.05) is 23.0 Å². The van der Waals surface area contributed by atoms with E-state index in [-0.39, 0.29) is 12.1 Å². The quantitative estimate of drug-likeness (QED) is 0.826. The molecule has 2 aromatic rings. The van der Waals surface area contributed by atoms with E-state index in [1.54, 1.807) is 11.3 Å². The first-order valence-corrected chi connectivity index (χ1v) is 9.78. The summed E-state index contributed by atoms with van der Waals surface area (Å²) < 4.78 is 6.62. The van der Waals surface area contributed by atoms with Crippen molar-refractivity contribution in [3.8, 4) is 0 Å². The van der Waals surface area contributed by atoms with E-state index >= 15 is 0 Å². The summed E-state index contributed by atoms with van der Waals surface area (Å²) in [5, 5.41) is 3.33. The van der Waals surface area contributed by atoms with E-state index in [4.69, 9.17) is 4.74 Å². The Balaban J connectivity index is 1.49. The molecule has 0 radical (unpaired) electrons. The Kier molecular flexibility index (Phi) is 4.76. The second-order valence-electron chi connectivity index (χ2n) is 6.70. The summed E-state index contributed by atoms with van der Waals surface area (Å²) in [6, 6.07) is 4.56. The highest BCUT2D eigenvalue weighted by atomic mass is 32.1. The molecule has 0 N–H and O–H groups in total. The lowest BCUT2D eigenvalue weighted by Crippen LogP contribution is -2.54. The first kappa shape index (κ1) is 16.6. The third-order valence-electron chi connectivity index (χ3n) is 5.19. The van der Waals surface area contributed by atoms with Crippen molar-refractivity contribution in [3.63, 3.8) is 0 Å². The number of fused-ring (bicyclic) bond motifs is 1. The molecule has 4 heterocycles. The fourth-order valence-corrected chi connectivity index (χ4v) is 4.51. The lowest BCUT2D eigenvalue weighted by Gasteiger charge is -2.40. The lowest BCUT2D eigenvalue weighted by molar-refractivity contribution is 0.0414. The van der Waals surface area contributed by atoms with Crippen LogP contribution in [0.3, 0.4) is 0 Å². The summed E-state index contributed by atoms with van der Waals surface area (Å²) in [6.07, 6.45) is 4.01. The van der Waals surface area contributed by atoms with Crippen molar-refractivity contribution >= 4 is 33.3 Å². The number of thiophene rings is 1. The normalized spacial score (nSPS) is 21.6. The molecule has 2 saturated heterocycles. The van der Waals surface area contributed by atoms with Crippen LogP contribution < -0.4 is 4.90 Å². The summed E-state index contributed by atoms with van der Waals surface area (Å²) in [4.78, 5) is 23.6. The second kappa shape index (κ2) is 7.17. The third-order valence-corrected chi connectivity index (χ3v) is 6.07. The first-order valence-electron chi connectivity index (χ1n) is 8.90. The van der Waals surface area contributed by atoms with Gasteiger partial charge in [-0.2, -0.15) is 0 Å². The highest BCUT2D eigenvalue weighted by Gasteiger charge is 2.30. The topological polar surface area (TPSA) is 48.9 Å². The Morgan fingerprint density at radius 3 is 3.00 bits per heavy atom. The fraction of sp³-hybridized carbons (Fsp3) is 0.556. The molecule has 1 atom stereocenters. The van der Waals surface area contributed by atoms with Crippen LogP contribution in [-0.4, -0.2) is 73.3 Å². The van der Waals surface area contributed by atoms with Gasteiger partial charge in [0.25, 0.3) is 0 Å². The van der Waals surface area contributed by atoms with Gasteiger partial charge in [0, 0.05) is 49.5 Å². The maximum Gasteiger partial charge on any atom is 0.320 e. The van der Waals surface area contributed by atoms with Gasteiger partial charge in [0.1, 0.15) is 5.82 Å². The number of morpholine rings is 1. The molecule has 2 aliphatic rings. The predicted molar refractivity (Wildman–Crippen MR) is 100 cm³/mol. The predicted octanol–water partition coefficient (Wildman–Crippen LogP) is 2.65. The number of piperidine rings is 1. The molecule has 6 nitrogen and oxygen atoms in total. The molecule has 4 rings (SSSR count). The number of hydrogen-bond donors (Lipinski definition) is 0. The van der Waals surface area contributed by atoms with Crippen LogP contribution >= 0.6 is 11.3 Å². The van der Waals surface area contributed by atoms with Gasteiger partial charge in [-0.05, 0) is 30.4 Å². The summed E-state index contributed by atoms with van der Waals surface area (Å²) >= 11 is 1.75. The first-order chi connectivity index (χ1) is 12.2. The van der Waals surface area contributed by atoms with E-state index in [9.17, 15) is 4.79 Å². The molecular weight excluding hydrogens is 336 g/mol. The largest absolute Gasteiger partial charge is 0.378 e. The smallest absolute Gasteiger partial charge is 0.320 e. The molecule has 0 saturated carbocycles. The van der Waals surface area contributed by atoms with Crippen LogP contribution in [0, 0.1) is 0 Å². The van der Waals surface area contributed by atoms with Crippen molar-refractivity contribution < 1.29 is 9.53 Å². The van der Waals surface area contributed by atoms with E-state index in [0.717, 1.165) is 31.7 Å². The zero-order chi connectivity index (χ0) is 17.2. The minimum atomic E-state index is 0.122. The Bertz CT molecular complexity index is 744. The number of urea groups is 1. The van der Waals surface area contributed by atoms with Gasteiger partial charge < -0.3 is 19.4 Å². The number of ether oxygens (including phenoxy) is 1. The van der Waals surface area contributed by atoms with Gasteiger partial charge in [-0.3, -0.25) is 0 Å². The average molecular weight is 360 g/mol. The van der Waals surface area contributed by atoms with Gasteiger partial charge in [-0.25, -0.2) is 9.78 Å². The number of likely N-dealkylation sites (N-methyl/N-ethyl adjacent to an activating group) is 1. The average Bonchev–Trinajstić information content (AvgIpc) is 3.16. The number of hydrogen-bond acceptors (Lipinski definition) is 5. The van der Waals surface area contributed by atoms with Gasteiger partial charge in [0.2, 0.25) is 0 Å². The maximum absolute atomic E-state index is 12.8. The second-order valence-corrected chi connectivity index (χ2v) is 7.65. The molecule has 0 aromatic carbocycles. The third kappa shape index (κ3) is 3.30. The Morgan fingerprint density at radius 2 is 2.16 bits per heavy atom. The van der Waals surface area contributed by atoms with Crippen LogP contribution in [0.25, 0.3) is 10.1 Å². The minimum absolute atomic E-state index is 0.122. The van der Waals surface area contributed by atoms with Gasteiger partial charge in [0.05, 0.1) is 19.3 Å². The molecule has 1 unspecified atom stereocenters. The molecule has 134 valence electrons. The Labute approximate surface area is 152 Å². The highest BCUT2D eigenvalue weighted by Crippen LogP contribution is 2.30. The van der Waals surface area contributed by atoms with Crippen LogP contribution in [0.1, 0.15) is 12.8 Å². The van der Waals surface area contributed by atoms with E-state index < -0.39 is 0 Å². The molecule has 0 bridgehead atoms. The van der Waals surface area contributed by atoms with Gasteiger partial charge in [-0.1, -0.05) is 0 Å². The SMILES string of the molecule is CN(C(=O)N1CCOCC1)C1CCCN(c2nccc3sccc23)C1. The van der Waals surface area contributed by atoms with Crippen molar-refractivity contribution in [2.24, 2.45) is 0 Å². The number of amides is 2. The molecular formula is C18H24N4O2S. The molecule has 2 aliphatic heterocycles. The molecule has 2 aromatic heterocycles. The number of pyridine rings is 1. The Morgan fingerprint density at radius 1 is 1.32 bits per heavy atom. The van der Waals surface area contributed by atoms with Crippen molar-refractivity contribution in [2.75, 3.05) is 51.3 Å². The maximum atomic E-state index is 12.8. The van der Waals surface area contributed by atoms with Crippen molar-refractivity contribution in [1.29, 1.82) is 0 Å². The molecule has 0 spiro atoms. The number of nitrogens with zero attached hydrogens (tertiary/aromatic N) is 4. The summed E-state index contributed by atoms with van der Waals surface area (Å²) in [6.45, 7) is 4.50. The van der Waals surface area contributed by atoms with Crippen molar-refractivity contribution in [2.45, 2.75) is 18.9 Å². The van der Waals surface area contributed by atoms with Gasteiger partial charge in [-0.15, -0.1) is 11.3 Å². The fourth-order valence-electron chi connectivity index (χ4n) is 3.73. The zero-order valence-electron chi connectivity index (χ0n) is 14.6. The minimum Gasteiger partial charge on any atom is -0.378 e. The van der Waals surface area contributed by atoms with Gasteiger partial charge >= 0.3 is 6.03 Å². The summed E-state index contributed by atoms with van der Waals surface area (Å²) in [5.74, 6) is 1.05. The van der Waals surface area contributed by atoms with E-state index in [2.05, 4.69) is 27.4 Å². The number of rotatable bonds is 2. The van der Waals surface area contributed by atoms with Crippen molar-refractivity contribution in [1.82, 2.24) is 14.8 Å². The van der Waals surface area contributed by atoms with Crippen LogP contribution in [0.4, 0.5) is 10.6 Å². The van der Waals surface area contributed by atoms with E-state index in [1.165, 1.54) is 10.1 Å². The van der Waals surface area contributed by atoms with Crippen LogP contribution in [0.2, 0.25) is 0 Å². The van der Waals surface area contributed by atoms with Crippen molar-refractivity contribution in [3.05, 3.63) is 23.7 Å². The zero-order valence-corrected chi connectivity index (χ0v) is 15.4. The summed E-state index contributed by atoms with van der Waals surface area (Å²) in [5.41, 5.74) is 0. The van der Waals surface area contributed by atoms with E-state index in [0.29, 0.717) is 26.3 Å². The summed E-state index contributed by atoms with van der Waals surface area (Å²) in [7, 11) is 1.94. The van der Waals surface area contributed by atoms with Gasteiger partial charge in [0.15, 0.2) is 0 Å². The monoisotopic (exact) mass is 360 g/mol. The molecule has 25 heavy (non-hydrogen) atoms. The highest BCUT2D eigenvalue weighted by molar-refractivity contribution is 7.17. The Hall–Kier alpha value is -1.86. The standard InChI is InChI=1S/C18H24N4O2S/c1-20(18(23)21-8-10-24-11-9-21)14-3-2-7-22(13-14)17-15-5-12-25-16(15)4-6-19-17/h4-6,12,14H,2-3,7-11,13H2,1H3. The number of anilines is 1. The van der Waals surface area contributed by atoms with Crippen LogP contribution in [0.5, 0.6) is 0 Å². The van der Waals surface area contributed by atoms with Crippen LogP contribution in [-0.2, 0) is 4.74 Å². The molecule has 2 amide bonds. The molecule has 7 heteroatoms. The number of carbonyl (C=O) groups is 1. The number of aromatic nitrogens is 1. The van der Waals surface area contributed by atoms with Crippen LogP contribution in [0.15, 0.2) is 23.7 Å². The number of carbonyl (C=O) groups excluding carboxylic acids is 1.